The van der Waals surface area contributed by atoms with Crippen LogP contribution in [0.5, 0.6) is 5.75 Å². The Hall–Kier alpha value is -2.83. The fraction of sp³-hybridized carbons (Fsp3) is 0.389. The molecule has 0 aliphatic carbocycles. The first-order valence-corrected chi connectivity index (χ1v) is 8.17. The number of hydrogen-bond acceptors (Lipinski definition) is 6. The van der Waals surface area contributed by atoms with Crippen molar-refractivity contribution in [1.82, 2.24) is 15.3 Å². The highest BCUT2D eigenvalue weighted by molar-refractivity contribution is 5.77. The molecule has 0 unspecified atom stereocenters. The lowest BCUT2D eigenvalue weighted by atomic mass is 10.2. The molecule has 134 valence electrons. The van der Waals surface area contributed by atoms with E-state index in [2.05, 4.69) is 20.6 Å². The number of carbonyl (C=O) groups is 1. The molecular formula is C18H25N5O2. The van der Waals surface area contributed by atoms with Gasteiger partial charge in [0.15, 0.2) is 6.61 Å². The molecule has 0 saturated carbocycles. The first-order valence-electron chi connectivity index (χ1n) is 8.17. The molecule has 0 atom stereocenters. The summed E-state index contributed by atoms with van der Waals surface area (Å²) >= 11 is 0. The molecule has 25 heavy (non-hydrogen) atoms. The van der Waals surface area contributed by atoms with E-state index in [9.17, 15) is 4.79 Å². The van der Waals surface area contributed by atoms with Crippen molar-refractivity contribution in [3.8, 4) is 5.75 Å². The minimum atomic E-state index is -0.157. The SMILES string of the molecule is Cc1ccc(OCC(=O)NCCNc2cc(N(C)C)nc(C)n2)cc1. The zero-order chi connectivity index (χ0) is 18.2. The van der Waals surface area contributed by atoms with Crippen molar-refractivity contribution >= 4 is 17.5 Å². The molecule has 1 aromatic carbocycles. The van der Waals surface area contributed by atoms with Gasteiger partial charge in [0.1, 0.15) is 23.2 Å². The maximum Gasteiger partial charge on any atom is 0.258 e. The van der Waals surface area contributed by atoms with Gasteiger partial charge in [-0.2, -0.15) is 0 Å². The number of anilines is 2. The third-order valence-corrected chi connectivity index (χ3v) is 3.43. The average molecular weight is 343 g/mol. The monoisotopic (exact) mass is 343 g/mol. The average Bonchev–Trinajstić information content (AvgIpc) is 2.57. The van der Waals surface area contributed by atoms with Gasteiger partial charge in [0.2, 0.25) is 0 Å². The van der Waals surface area contributed by atoms with Crippen LogP contribution < -0.4 is 20.3 Å². The highest BCUT2D eigenvalue weighted by atomic mass is 16.5. The summed E-state index contributed by atoms with van der Waals surface area (Å²) in [7, 11) is 3.86. The van der Waals surface area contributed by atoms with Gasteiger partial charge in [0, 0.05) is 33.3 Å². The Morgan fingerprint density at radius 1 is 1.12 bits per heavy atom. The Morgan fingerprint density at radius 3 is 2.52 bits per heavy atom. The van der Waals surface area contributed by atoms with Crippen LogP contribution in [0.15, 0.2) is 30.3 Å². The minimum Gasteiger partial charge on any atom is -0.484 e. The van der Waals surface area contributed by atoms with Crippen LogP contribution in [0.2, 0.25) is 0 Å². The maximum absolute atomic E-state index is 11.8. The highest BCUT2D eigenvalue weighted by Gasteiger charge is 2.05. The molecule has 1 aromatic heterocycles. The van der Waals surface area contributed by atoms with E-state index in [0.717, 1.165) is 17.2 Å². The quantitative estimate of drug-likeness (QED) is 0.711. The number of amides is 1. The van der Waals surface area contributed by atoms with Crippen molar-refractivity contribution in [2.24, 2.45) is 0 Å². The minimum absolute atomic E-state index is 0.000450. The topological polar surface area (TPSA) is 79.4 Å². The van der Waals surface area contributed by atoms with Gasteiger partial charge in [-0.3, -0.25) is 4.79 Å². The van der Waals surface area contributed by atoms with E-state index >= 15 is 0 Å². The zero-order valence-electron chi connectivity index (χ0n) is 15.2. The second-order valence-corrected chi connectivity index (χ2v) is 5.93. The second-order valence-electron chi connectivity index (χ2n) is 5.93. The van der Waals surface area contributed by atoms with Crippen LogP contribution >= 0.6 is 0 Å². The van der Waals surface area contributed by atoms with E-state index in [4.69, 9.17) is 4.74 Å². The number of aryl methyl sites for hydroxylation is 2. The lowest BCUT2D eigenvalue weighted by Gasteiger charge is -2.14. The number of benzene rings is 1. The number of nitrogens with one attached hydrogen (secondary N) is 2. The van der Waals surface area contributed by atoms with Crippen molar-refractivity contribution < 1.29 is 9.53 Å². The molecule has 7 nitrogen and oxygen atoms in total. The van der Waals surface area contributed by atoms with Crippen LogP contribution in [0, 0.1) is 13.8 Å². The Balaban J connectivity index is 1.70. The standard InChI is InChI=1S/C18H25N5O2/c1-13-5-7-15(8-6-13)25-12-18(24)20-10-9-19-16-11-17(23(3)4)22-14(2)21-16/h5-8,11H,9-10,12H2,1-4H3,(H,20,24)(H,19,21,22). The molecule has 0 fully saturated rings. The Bertz CT molecular complexity index is 701. The first-order chi connectivity index (χ1) is 11.9. The molecule has 0 aliphatic rings. The van der Waals surface area contributed by atoms with Gasteiger partial charge in [-0.25, -0.2) is 9.97 Å². The Labute approximate surface area is 148 Å². The summed E-state index contributed by atoms with van der Waals surface area (Å²) in [5.74, 6) is 2.80. The predicted octanol–water partition coefficient (Wildman–Crippen LogP) is 1.77. The van der Waals surface area contributed by atoms with Crippen molar-refractivity contribution in [1.29, 1.82) is 0 Å². The fourth-order valence-electron chi connectivity index (χ4n) is 2.10. The predicted molar refractivity (Wildman–Crippen MR) is 99.3 cm³/mol. The first kappa shape index (κ1) is 18.5. The van der Waals surface area contributed by atoms with Crippen molar-refractivity contribution in [3.05, 3.63) is 41.7 Å². The maximum atomic E-state index is 11.8. The molecular weight excluding hydrogens is 318 g/mol. The Kier molecular flexibility index (Phi) is 6.56. The van der Waals surface area contributed by atoms with Crippen LogP contribution in [0.25, 0.3) is 0 Å². The summed E-state index contributed by atoms with van der Waals surface area (Å²) in [6, 6.07) is 9.47. The second kappa shape index (κ2) is 8.86. The zero-order valence-corrected chi connectivity index (χ0v) is 15.2. The summed E-state index contributed by atoms with van der Waals surface area (Å²) in [4.78, 5) is 22.4. The summed E-state index contributed by atoms with van der Waals surface area (Å²) in [5, 5.41) is 5.99. The summed E-state index contributed by atoms with van der Waals surface area (Å²) < 4.78 is 5.44. The number of carbonyl (C=O) groups excluding carboxylic acids is 1. The van der Waals surface area contributed by atoms with Gasteiger partial charge in [-0.15, -0.1) is 0 Å². The largest absolute Gasteiger partial charge is 0.484 e. The van der Waals surface area contributed by atoms with Crippen LogP contribution in [0.3, 0.4) is 0 Å². The van der Waals surface area contributed by atoms with E-state index in [1.807, 2.05) is 63.2 Å². The number of rotatable bonds is 8. The Morgan fingerprint density at radius 2 is 1.84 bits per heavy atom. The van der Waals surface area contributed by atoms with E-state index in [1.165, 1.54) is 0 Å². The molecule has 0 spiro atoms. The van der Waals surface area contributed by atoms with E-state index in [1.54, 1.807) is 0 Å². The van der Waals surface area contributed by atoms with Gasteiger partial charge >= 0.3 is 0 Å². The molecule has 0 radical (unpaired) electrons. The lowest BCUT2D eigenvalue weighted by molar-refractivity contribution is -0.123. The molecule has 2 N–H and O–H groups in total. The van der Waals surface area contributed by atoms with Crippen LogP contribution in [-0.2, 0) is 4.79 Å². The fourth-order valence-corrected chi connectivity index (χ4v) is 2.10. The van der Waals surface area contributed by atoms with Gasteiger partial charge in [-0.1, -0.05) is 17.7 Å². The number of ether oxygens (including phenoxy) is 1. The van der Waals surface area contributed by atoms with Crippen LogP contribution in [0.4, 0.5) is 11.6 Å². The summed E-state index contributed by atoms with van der Waals surface area (Å²) in [6.45, 7) is 4.91. The summed E-state index contributed by atoms with van der Waals surface area (Å²) in [5.41, 5.74) is 1.15. The summed E-state index contributed by atoms with van der Waals surface area (Å²) in [6.07, 6.45) is 0. The van der Waals surface area contributed by atoms with Crippen LogP contribution in [0.1, 0.15) is 11.4 Å². The van der Waals surface area contributed by atoms with Crippen molar-refractivity contribution in [2.75, 3.05) is 44.0 Å². The highest BCUT2D eigenvalue weighted by Crippen LogP contribution is 2.13. The van der Waals surface area contributed by atoms with Crippen molar-refractivity contribution in [3.63, 3.8) is 0 Å². The van der Waals surface area contributed by atoms with Gasteiger partial charge in [0.05, 0.1) is 0 Å². The third-order valence-electron chi connectivity index (χ3n) is 3.43. The molecule has 0 bridgehead atoms. The molecule has 1 amide bonds. The van der Waals surface area contributed by atoms with E-state index in [-0.39, 0.29) is 12.5 Å². The van der Waals surface area contributed by atoms with E-state index in [0.29, 0.717) is 24.7 Å². The molecule has 0 aliphatic heterocycles. The molecule has 2 aromatic rings. The molecule has 1 heterocycles. The number of aromatic nitrogens is 2. The number of hydrogen-bond donors (Lipinski definition) is 2. The molecule has 2 rings (SSSR count). The molecule has 0 saturated heterocycles. The smallest absolute Gasteiger partial charge is 0.258 e. The van der Waals surface area contributed by atoms with Gasteiger partial charge in [0.25, 0.3) is 5.91 Å². The van der Waals surface area contributed by atoms with Gasteiger partial charge < -0.3 is 20.3 Å². The lowest BCUT2D eigenvalue weighted by Crippen LogP contribution is -2.32. The third kappa shape index (κ3) is 6.29. The van der Waals surface area contributed by atoms with E-state index < -0.39 is 0 Å². The van der Waals surface area contributed by atoms with Gasteiger partial charge in [-0.05, 0) is 26.0 Å². The molecule has 7 heteroatoms. The van der Waals surface area contributed by atoms with Crippen molar-refractivity contribution in [2.45, 2.75) is 13.8 Å². The normalized spacial score (nSPS) is 10.2. The number of nitrogens with zero attached hydrogens (tertiary/aromatic N) is 3. The van der Waals surface area contributed by atoms with Crippen LogP contribution in [-0.4, -0.2) is 49.7 Å².